The van der Waals surface area contributed by atoms with Gasteiger partial charge in [0, 0.05) is 18.1 Å². The molecule has 3 nitrogen and oxygen atoms in total. The molecule has 1 amide bonds. The molecular weight excluding hydrogens is 262 g/mol. The van der Waals surface area contributed by atoms with Crippen LogP contribution in [-0.2, 0) is 6.42 Å². The lowest BCUT2D eigenvalue weighted by Gasteiger charge is -2.29. The Kier molecular flexibility index (Phi) is 5.08. The Labute approximate surface area is 119 Å². The number of carbonyl (C=O) groups is 1. The van der Waals surface area contributed by atoms with Gasteiger partial charge in [0.25, 0.3) is 0 Å². The molecule has 0 saturated carbocycles. The Morgan fingerprint density at radius 3 is 2.47 bits per heavy atom. The molecule has 19 heavy (non-hydrogen) atoms. The molecule has 0 bridgehead atoms. The van der Waals surface area contributed by atoms with Crippen LogP contribution in [0.3, 0.4) is 0 Å². The van der Waals surface area contributed by atoms with Crippen molar-refractivity contribution in [1.82, 2.24) is 4.90 Å². The van der Waals surface area contributed by atoms with E-state index in [0.717, 1.165) is 24.3 Å². The second-order valence-electron chi connectivity index (χ2n) is 5.23. The molecule has 0 radical (unpaired) electrons. The van der Waals surface area contributed by atoms with Crippen LogP contribution in [0.4, 0.5) is 4.79 Å². The van der Waals surface area contributed by atoms with E-state index >= 15 is 0 Å². The van der Waals surface area contributed by atoms with Crippen LogP contribution in [0.25, 0.3) is 0 Å². The number of nitrogens with zero attached hydrogens (tertiary/aromatic N) is 1. The zero-order valence-electron chi connectivity index (χ0n) is 11.0. The highest BCUT2D eigenvalue weighted by Gasteiger charge is 2.21. The fraction of sp³-hybridized carbons (Fsp3) is 0.533. The van der Waals surface area contributed by atoms with Crippen LogP contribution >= 0.6 is 11.6 Å². The van der Waals surface area contributed by atoms with E-state index in [1.54, 1.807) is 0 Å². The van der Waals surface area contributed by atoms with Gasteiger partial charge in [0.2, 0.25) is 0 Å². The summed E-state index contributed by atoms with van der Waals surface area (Å²) < 4.78 is 0. The summed E-state index contributed by atoms with van der Waals surface area (Å²) in [6, 6.07) is 8.02. The average Bonchev–Trinajstić information content (AvgIpc) is 2.41. The van der Waals surface area contributed by atoms with Crippen LogP contribution in [0.15, 0.2) is 24.3 Å². The standard InChI is InChI=1S/C15H20ClNO2/c16-14-6-4-12(5-7-14)2-1-3-13-8-10-17(11-9-13)15(18)19/h4-7,13H,1-3,8-11H2,(H,18,19). The van der Waals surface area contributed by atoms with E-state index in [1.165, 1.54) is 23.3 Å². The van der Waals surface area contributed by atoms with Gasteiger partial charge in [-0.05, 0) is 55.7 Å². The molecule has 1 saturated heterocycles. The molecule has 0 aromatic heterocycles. The Morgan fingerprint density at radius 2 is 1.89 bits per heavy atom. The van der Waals surface area contributed by atoms with Crippen molar-refractivity contribution in [2.45, 2.75) is 32.1 Å². The molecule has 1 aromatic carbocycles. The van der Waals surface area contributed by atoms with E-state index in [2.05, 4.69) is 12.1 Å². The van der Waals surface area contributed by atoms with E-state index in [9.17, 15) is 4.79 Å². The highest BCUT2D eigenvalue weighted by molar-refractivity contribution is 6.30. The number of aryl methyl sites for hydroxylation is 1. The largest absolute Gasteiger partial charge is 0.465 e. The molecule has 2 rings (SSSR count). The van der Waals surface area contributed by atoms with Crippen LogP contribution in [0.1, 0.15) is 31.2 Å². The first kappa shape index (κ1) is 14.2. The maximum absolute atomic E-state index is 10.8. The van der Waals surface area contributed by atoms with Crippen molar-refractivity contribution < 1.29 is 9.90 Å². The molecular formula is C15H20ClNO2. The highest BCUT2D eigenvalue weighted by Crippen LogP contribution is 2.23. The molecule has 0 atom stereocenters. The van der Waals surface area contributed by atoms with E-state index in [0.29, 0.717) is 19.0 Å². The van der Waals surface area contributed by atoms with Gasteiger partial charge in [-0.1, -0.05) is 23.7 Å². The number of carboxylic acid groups (broad SMARTS) is 1. The summed E-state index contributed by atoms with van der Waals surface area (Å²) >= 11 is 5.85. The van der Waals surface area contributed by atoms with Crippen molar-refractivity contribution >= 4 is 17.7 Å². The smallest absolute Gasteiger partial charge is 0.407 e. The van der Waals surface area contributed by atoms with Crippen LogP contribution in [-0.4, -0.2) is 29.2 Å². The lowest BCUT2D eigenvalue weighted by molar-refractivity contribution is 0.123. The number of hydrogen-bond acceptors (Lipinski definition) is 1. The number of halogens is 1. The van der Waals surface area contributed by atoms with Crippen molar-refractivity contribution in [1.29, 1.82) is 0 Å². The van der Waals surface area contributed by atoms with E-state index in [-0.39, 0.29) is 0 Å². The minimum absolute atomic E-state index is 0.683. The van der Waals surface area contributed by atoms with E-state index in [1.807, 2.05) is 12.1 Å². The van der Waals surface area contributed by atoms with Crippen LogP contribution < -0.4 is 0 Å². The van der Waals surface area contributed by atoms with Crippen molar-refractivity contribution in [2.24, 2.45) is 5.92 Å². The van der Waals surface area contributed by atoms with Crippen LogP contribution in [0.5, 0.6) is 0 Å². The van der Waals surface area contributed by atoms with Gasteiger partial charge in [-0.3, -0.25) is 0 Å². The second kappa shape index (κ2) is 6.80. The summed E-state index contributed by atoms with van der Waals surface area (Å²) in [5, 5.41) is 9.67. The Morgan fingerprint density at radius 1 is 1.26 bits per heavy atom. The topological polar surface area (TPSA) is 40.5 Å². The molecule has 0 unspecified atom stereocenters. The number of likely N-dealkylation sites (tertiary alicyclic amines) is 1. The Hall–Kier alpha value is -1.22. The van der Waals surface area contributed by atoms with Gasteiger partial charge >= 0.3 is 6.09 Å². The number of piperidine rings is 1. The third-order valence-corrected chi connectivity index (χ3v) is 4.13. The number of hydrogen-bond donors (Lipinski definition) is 1. The molecule has 1 N–H and O–H groups in total. The molecule has 1 heterocycles. The zero-order valence-corrected chi connectivity index (χ0v) is 11.8. The molecule has 1 aliphatic rings. The molecule has 1 fully saturated rings. The quantitative estimate of drug-likeness (QED) is 0.904. The number of rotatable bonds is 4. The van der Waals surface area contributed by atoms with Crippen molar-refractivity contribution in [2.75, 3.05) is 13.1 Å². The lowest BCUT2D eigenvalue weighted by atomic mass is 9.91. The zero-order chi connectivity index (χ0) is 13.7. The first-order valence-electron chi connectivity index (χ1n) is 6.87. The number of amides is 1. The molecule has 0 aliphatic carbocycles. The lowest BCUT2D eigenvalue weighted by Crippen LogP contribution is -2.37. The van der Waals surface area contributed by atoms with Gasteiger partial charge in [0.05, 0.1) is 0 Å². The number of benzene rings is 1. The fourth-order valence-electron chi connectivity index (χ4n) is 2.66. The summed E-state index contributed by atoms with van der Waals surface area (Å²) in [6.45, 7) is 1.39. The normalized spacial score (nSPS) is 16.6. The SMILES string of the molecule is O=C(O)N1CCC(CCCc2ccc(Cl)cc2)CC1. The predicted octanol–water partition coefficient (Wildman–Crippen LogP) is 4.05. The minimum Gasteiger partial charge on any atom is -0.465 e. The monoisotopic (exact) mass is 281 g/mol. The van der Waals surface area contributed by atoms with Gasteiger partial charge in [0.1, 0.15) is 0 Å². The third-order valence-electron chi connectivity index (χ3n) is 3.88. The van der Waals surface area contributed by atoms with Crippen LogP contribution in [0, 0.1) is 5.92 Å². The van der Waals surface area contributed by atoms with Gasteiger partial charge in [-0.2, -0.15) is 0 Å². The minimum atomic E-state index is -0.778. The summed E-state index contributed by atoms with van der Waals surface area (Å²) in [7, 11) is 0. The Bertz CT molecular complexity index is 411. The van der Waals surface area contributed by atoms with Gasteiger partial charge in [-0.25, -0.2) is 4.79 Å². The molecule has 1 aromatic rings. The Balaban J connectivity index is 1.67. The maximum atomic E-state index is 10.8. The first-order chi connectivity index (χ1) is 9.15. The molecule has 4 heteroatoms. The second-order valence-corrected chi connectivity index (χ2v) is 5.67. The molecule has 1 aliphatic heterocycles. The van der Waals surface area contributed by atoms with E-state index in [4.69, 9.17) is 16.7 Å². The summed E-state index contributed by atoms with van der Waals surface area (Å²) in [6.07, 6.45) is 4.67. The van der Waals surface area contributed by atoms with Crippen molar-refractivity contribution in [3.8, 4) is 0 Å². The fourth-order valence-corrected chi connectivity index (χ4v) is 2.78. The summed E-state index contributed by atoms with van der Waals surface area (Å²) in [4.78, 5) is 12.3. The maximum Gasteiger partial charge on any atom is 0.407 e. The first-order valence-corrected chi connectivity index (χ1v) is 7.25. The average molecular weight is 282 g/mol. The van der Waals surface area contributed by atoms with Gasteiger partial charge < -0.3 is 10.0 Å². The summed E-state index contributed by atoms with van der Waals surface area (Å²) in [5.41, 5.74) is 1.33. The highest BCUT2D eigenvalue weighted by atomic mass is 35.5. The molecule has 104 valence electrons. The van der Waals surface area contributed by atoms with E-state index < -0.39 is 6.09 Å². The third kappa shape index (κ3) is 4.43. The molecule has 0 spiro atoms. The van der Waals surface area contributed by atoms with Crippen molar-refractivity contribution in [3.63, 3.8) is 0 Å². The van der Waals surface area contributed by atoms with Crippen LogP contribution in [0.2, 0.25) is 5.02 Å². The van der Waals surface area contributed by atoms with Gasteiger partial charge in [0.15, 0.2) is 0 Å². The van der Waals surface area contributed by atoms with Gasteiger partial charge in [-0.15, -0.1) is 0 Å². The predicted molar refractivity (Wildman–Crippen MR) is 76.7 cm³/mol. The van der Waals surface area contributed by atoms with Crippen molar-refractivity contribution in [3.05, 3.63) is 34.9 Å². The summed E-state index contributed by atoms with van der Waals surface area (Å²) in [5.74, 6) is 0.683.